The van der Waals surface area contributed by atoms with Crippen molar-refractivity contribution in [1.29, 1.82) is 0 Å². The summed E-state index contributed by atoms with van der Waals surface area (Å²) in [5, 5.41) is 4.65. The summed E-state index contributed by atoms with van der Waals surface area (Å²) in [5.74, 6) is -0.375. The average molecular weight is 639 g/mol. The number of amides is 1. The lowest BCUT2D eigenvalue weighted by atomic mass is 10.1. The van der Waals surface area contributed by atoms with Gasteiger partial charge in [-0.15, -0.1) is 0 Å². The number of hydrogen-bond donors (Lipinski definition) is 1. The molecule has 0 atom stereocenters. The lowest BCUT2D eigenvalue weighted by Crippen LogP contribution is -2.31. The van der Waals surface area contributed by atoms with E-state index in [-0.39, 0.29) is 17.3 Å². The van der Waals surface area contributed by atoms with Crippen LogP contribution in [0.4, 0.5) is 5.69 Å². The second-order valence-corrected chi connectivity index (χ2v) is 13.4. The van der Waals surface area contributed by atoms with E-state index in [9.17, 15) is 13.2 Å². The van der Waals surface area contributed by atoms with E-state index in [4.69, 9.17) is 11.6 Å². The third kappa shape index (κ3) is 6.87. The number of anilines is 1. The minimum absolute atomic E-state index is 0.0501. The van der Waals surface area contributed by atoms with Crippen LogP contribution in [0.25, 0.3) is 5.69 Å². The molecule has 0 spiro atoms. The van der Waals surface area contributed by atoms with Gasteiger partial charge in [-0.3, -0.25) is 9.10 Å². The van der Waals surface area contributed by atoms with Crippen LogP contribution in [-0.4, -0.2) is 25.1 Å². The van der Waals surface area contributed by atoms with Crippen LogP contribution in [0.2, 0.25) is 5.02 Å². The second kappa shape index (κ2) is 13.1. The summed E-state index contributed by atoms with van der Waals surface area (Å²) in [6.07, 6.45) is 1.65. The standard InChI is InChI=1S/C36H35ClN4O3S/c1-24-11-18-34(26(3)19-24)41-27(4)20-31(28(41)5)22-38-39-36(42)30-15-13-29(14-16-30)23-40(35-21-32(37)17-12-25(35)2)45(43,44)33-9-7-6-8-10-33/h6-22H,23H2,1-5H3,(H,39,42)/b38-22-. The van der Waals surface area contributed by atoms with Crippen LogP contribution in [0, 0.1) is 34.6 Å². The van der Waals surface area contributed by atoms with Gasteiger partial charge in [0.05, 0.1) is 23.3 Å². The Bertz CT molecular complexity index is 2000. The van der Waals surface area contributed by atoms with E-state index < -0.39 is 10.0 Å². The highest BCUT2D eigenvalue weighted by atomic mass is 35.5. The molecule has 1 aromatic heterocycles. The number of aryl methyl sites for hydroxylation is 4. The SMILES string of the molecule is Cc1ccc(-n2c(C)cc(/C=N\NC(=O)c3ccc(CN(c4cc(Cl)ccc4C)S(=O)(=O)c4ccccc4)cc3)c2C)c(C)c1. The van der Waals surface area contributed by atoms with Crippen LogP contribution >= 0.6 is 11.6 Å². The van der Waals surface area contributed by atoms with Gasteiger partial charge in [-0.2, -0.15) is 5.10 Å². The third-order valence-electron chi connectivity index (χ3n) is 7.75. The number of benzene rings is 4. The maximum atomic E-state index is 13.8. The zero-order valence-corrected chi connectivity index (χ0v) is 27.4. The Morgan fingerprint density at radius 1 is 0.867 bits per heavy atom. The van der Waals surface area contributed by atoms with Crippen LogP contribution in [-0.2, 0) is 16.6 Å². The molecule has 9 heteroatoms. The number of rotatable bonds is 9. The van der Waals surface area contributed by atoms with Crippen molar-refractivity contribution in [3.05, 3.63) is 147 Å². The number of hydrazone groups is 1. The quantitative estimate of drug-likeness (QED) is 0.132. The molecule has 230 valence electrons. The van der Waals surface area contributed by atoms with E-state index in [1.165, 1.54) is 15.4 Å². The van der Waals surface area contributed by atoms with Crippen molar-refractivity contribution in [2.24, 2.45) is 5.10 Å². The number of carbonyl (C=O) groups is 1. The van der Waals surface area contributed by atoms with Crippen molar-refractivity contribution in [3.63, 3.8) is 0 Å². The number of hydrogen-bond acceptors (Lipinski definition) is 4. The fourth-order valence-electron chi connectivity index (χ4n) is 5.37. The number of halogens is 1. The highest BCUT2D eigenvalue weighted by Gasteiger charge is 2.26. The van der Waals surface area contributed by atoms with Crippen molar-refractivity contribution in [2.45, 2.75) is 46.1 Å². The highest BCUT2D eigenvalue weighted by molar-refractivity contribution is 7.92. The van der Waals surface area contributed by atoms with Crippen LogP contribution in [0.3, 0.4) is 0 Å². The summed E-state index contributed by atoms with van der Waals surface area (Å²) in [6.45, 7) is 10.1. The lowest BCUT2D eigenvalue weighted by molar-refractivity contribution is 0.0955. The van der Waals surface area contributed by atoms with Crippen molar-refractivity contribution in [3.8, 4) is 5.69 Å². The molecule has 4 aromatic carbocycles. The van der Waals surface area contributed by atoms with Crippen molar-refractivity contribution >= 4 is 39.4 Å². The van der Waals surface area contributed by atoms with Crippen LogP contribution in [0.5, 0.6) is 0 Å². The van der Waals surface area contributed by atoms with E-state index in [1.807, 2.05) is 26.8 Å². The molecule has 0 radical (unpaired) electrons. The normalized spacial score (nSPS) is 11.6. The van der Waals surface area contributed by atoms with Gasteiger partial charge in [-0.1, -0.05) is 65.7 Å². The summed E-state index contributed by atoms with van der Waals surface area (Å²) in [5.41, 5.74) is 11.5. The molecule has 1 amide bonds. The van der Waals surface area contributed by atoms with Gasteiger partial charge in [0.1, 0.15) is 0 Å². The Kier molecular flexibility index (Phi) is 9.27. The Hall–Kier alpha value is -4.66. The summed E-state index contributed by atoms with van der Waals surface area (Å²) in [6, 6.07) is 28.7. The summed E-state index contributed by atoms with van der Waals surface area (Å²) >= 11 is 6.27. The lowest BCUT2D eigenvalue weighted by Gasteiger charge is -2.26. The van der Waals surface area contributed by atoms with Gasteiger partial charge in [0.15, 0.2) is 0 Å². The second-order valence-electron chi connectivity index (χ2n) is 11.1. The molecule has 0 bridgehead atoms. The largest absolute Gasteiger partial charge is 0.318 e. The van der Waals surface area contributed by atoms with Gasteiger partial charge in [0, 0.05) is 33.2 Å². The average Bonchev–Trinajstić information content (AvgIpc) is 3.30. The first-order valence-electron chi connectivity index (χ1n) is 14.5. The van der Waals surface area contributed by atoms with Gasteiger partial charge in [0.2, 0.25) is 0 Å². The van der Waals surface area contributed by atoms with Gasteiger partial charge in [0.25, 0.3) is 15.9 Å². The fourth-order valence-corrected chi connectivity index (χ4v) is 7.06. The number of nitrogens with zero attached hydrogens (tertiary/aromatic N) is 3. The summed E-state index contributed by atoms with van der Waals surface area (Å²) in [7, 11) is -3.91. The zero-order chi connectivity index (χ0) is 32.3. The Balaban J connectivity index is 1.33. The topological polar surface area (TPSA) is 83.8 Å². The molecule has 0 saturated heterocycles. The Labute approximate surface area is 269 Å². The molecule has 1 N–H and O–H groups in total. The first kappa shape index (κ1) is 31.8. The number of sulfonamides is 1. The monoisotopic (exact) mass is 638 g/mol. The molecule has 1 heterocycles. The molecule has 0 aliphatic heterocycles. The maximum absolute atomic E-state index is 13.8. The Morgan fingerprint density at radius 2 is 1.58 bits per heavy atom. The van der Waals surface area contributed by atoms with Gasteiger partial charge < -0.3 is 4.57 Å². The summed E-state index contributed by atoms with van der Waals surface area (Å²) in [4.78, 5) is 13.1. The zero-order valence-electron chi connectivity index (χ0n) is 25.9. The number of carbonyl (C=O) groups excluding carboxylic acids is 1. The van der Waals surface area contributed by atoms with Crippen LogP contribution in [0.1, 0.15) is 49.6 Å². The minimum atomic E-state index is -3.91. The predicted octanol–water partition coefficient (Wildman–Crippen LogP) is 7.83. The molecular formula is C36H35ClN4O3S. The molecule has 0 aliphatic rings. The number of nitrogens with one attached hydrogen (secondary N) is 1. The van der Waals surface area contributed by atoms with Crippen molar-refractivity contribution < 1.29 is 13.2 Å². The molecule has 45 heavy (non-hydrogen) atoms. The van der Waals surface area contributed by atoms with Gasteiger partial charge >= 0.3 is 0 Å². The molecule has 0 aliphatic carbocycles. The smallest absolute Gasteiger partial charge is 0.271 e. The molecule has 0 fully saturated rings. The molecule has 5 rings (SSSR count). The van der Waals surface area contributed by atoms with E-state index in [0.717, 1.165) is 28.2 Å². The third-order valence-corrected chi connectivity index (χ3v) is 9.76. The number of aromatic nitrogens is 1. The van der Waals surface area contributed by atoms with Crippen molar-refractivity contribution in [2.75, 3.05) is 4.31 Å². The van der Waals surface area contributed by atoms with Crippen molar-refractivity contribution in [1.82, 2.24) is 9.99 Å². The molecule has 0 unspecified atom stereocenters. The van der Waals surface area contributed by atoms with Crippen LogP contribution < -0.4 is 9.73 Å². The van der Waals surface area contributed by atoms with Crippen LogP contribution in [0.15, 0.2) is 107 Å². The first-order valence-corrected chi connectivity index (χ1v) is 16.3. The minimum Gasteiger partial charge on any atom is -0.318 e. The van der Waals surface area contributed by atoms with Gasteiger partial charge in [-0.25, -0.2) is 13.8 Å². The van der Waals surface area contributed by atoms with E-state index >= 15 is 0 Å². The van der Waals surface area contributed by atoms with E-state index in [1.54, 1.807) is 79.0 Å². The Morgan fingerprint density at radius 3 is 2.27 bits per heavy atom. The van der Waals surface area contributed by atoms with E-state index in [2.05, 4.69) is 47.1 Å². The molecular weight excluding hydrogens is 604 g/mol. The molecule has 0 saturated carbocycles. The highest BCUT2D eigenvalue weighted by Crippen LogP contribution is 2.31. The van der Waals surface area contributed by atoms with Gasteiger partial charge in [-0.05, 0) is 99.8 Å². The molecule has 7 nitrogen and oxygen atoms in total. The molecule has 5 aromatic rings. The van der Waals surface area contributed by atoms with E-state index in [0.29, 0.717) is 21.8 Å². The summed E-state index contributed by atoms with van der Waals surface area (Å²) < 4.78 is 31.1. The fraction of sp³-hybridized carbons (Fsp3) is 0.167. The first-order chi connectivity index (χ1) is 21.5. The predicted molar refractivity (Wildman–Crippen MR) is 182 cm³/mol. The maximum Gasteiger partial charge on any atom is 0.271 e.